The van der Waals surface area contributed by atoms with Gasteiger partial charge in [0.05, 0.1) is 19.3 Å². The Morgan fingerprint density at radius 1 is 0.963 bits per heavy atom. The molecule has 2 heterocycles. The van der Waals surface area contributed by atoms with Gasteiger partial charge in [-0.15, -0.1) is 0 Å². The molecule has 1 saturated heterocycles. The quantitative estimate of drug-likeness (QED) is 0.765. The third-order valence-corrected chi connectivity index (χ3v) is 4.96. The van der Waals surface area contributed by atoms with Gasteiger partial charge >= 0.3 is 0 Å². The molecule has 4 rings (SSSR count). The Morgan fingerprint density at radius 2 is 1.63 bits per heavy atom. The molecular weight excluding hydrogens is 344 g/mol. The van der Waals surface area contributed by atoms with Gasteiger partial charge in [-0.2, -0.15) is 5.11 Å². The van der Waals surface area contributed by atoms with Crippen molar-refractivity contribution in [3.8, 4) is 5.75 Å². The number of imide groups is 1. The summed E-state index contributed by atoms with van der Waals surface area (Å²) in [4.78, 5) is 26.9. The number of carbonyl (C=O) groups is 2. The second-order valence-corrected chi connectivity index (χ2v) is 6.57. The molecule has 0 aliphatic carbocycles. The van der Waals surface area contributed by atoms with Crippen molar-refractivity contribution in [3.05, 3.63) is 59.7 Å². The fourth-order valence-electron chi connectivity index (χ4n) is 3.41. The standard InChI is InChI=1S/C20H20N4O3/c1-3-13-4-8-15(9-5-13)24-19(25)17-18(20(24)26)23(22-21-17)12-14-6-10-16(27-2)11-7-14/h4-11,17-18H,3,12H2,1-2H3. The van der Waals surface area contributed by atoms with Crippen molar-refractivity contribution in [1.29, 1.82) is 0 Å². The lowest BCUT2D eigenvalue weighted by Crippen LogP contribution is -2.39. The number of ether oxygens (including phenoxy) is 1. The van der Waals surface area contributed by atoms with E-state index in [0.717, 1.165) is 23.3 Å². The van der Waals surface area contributed by atoms with Crippen LogP contribution in [0.1, 0.15) is 18.1 Å². The predicted molar refractivity (Wildman–Crippen MR) is 99.3 cm³/mol. The molecule has 2 aromatic carbocycles. The van der Waals surface area contributed by atoms with Gasteiger partial charge in [-0.1, -0.05) is 36.4 Å². The lowest BCUT2D eigenvalue weighted by molar-refractivity contribution is -0.123. The minimum Gasteiger partial charge on any atom is -0.497 e. The van der Waals surface area contributed by atoms with E-state index in [-0.39, 0.29) is 11.8 Å². The Bertz CT molecular complexity index is 892. The zero-order valence-electron chi connectivity index (χ0n) is 15.2. The van der Waals surface area contributed by atoms with Crippen LogP contribution < -0.4 is 9.64 Å². The molecule has 0 bridgehead atoms. The number of carbonyl (C=O) groups excluding carboxylic acids is 2. The summed E-state index contributed by atoms with van der Waals surface area (Å²) in [5, 5.41) is 9.73. The third-order valence-electron chi connectivity index (χ3n) is 4.96. The van der Waals surface area contributed by atoms with Crippen molar-refractivity contribution in [3.63, 3.8) is 0 Å². The normalized spacial score (nSPS) is 21.1. The number of hydrogen-bond acceptors (Lipinski definition) is 6. The van der Waals surface area contributed by atoms with Crippen LogP contribution in [0.25, 0.3) is 0 Å². The van der Waals surface area contributed by atoms with E-state index < -0.39 is 12.1 Å². The summed E-state index contributed by atoms with van der Waals surface area (Å²) in [6.07, 6.45) is 0.900. The highest BCUT2D eigenvalue weighted by atomic mass is 16.5. The predicted octanol–water partition coefficient (Wildman–Crippen LogP) is 2.75. The molecule has 1 fully saturated rings. The fraction of sp³-hybridized carbons (Fsp3) is 0.300. The number of fused-ring (bicyclic) bond motifs is 1. The Kier molecular flexibility index (Phi) is 4.35. The van der Waals surface area contributed by atoms with Gasteiger partial charge in [-0.25, -0.2) is 4.90 Å². The maximum atomic E-state index is 13.0. The Labute approximate surface area is 157 Å². The maximum absolute atomic E-state index is 13.0. The summed E-state index contributed by atoms with van der Waals surface area (Å²) in [6.45, 7) is 2.46. The molecule has 138 valence electrons. The summed E-state index contributed by atoms with van der Waals surface area (Å²) in [7, 11) is 1.61. The van der Waals surface area contributed by atoms with Crippen molar-refractivity contribution >= 4 is 17.5 Å². The number of anilines is 1. The van der Waals surface area contributed by atoms with Crippen molar-refractivity contribution in [2.45, 2.75) is 32.0 Å². The summed E-state index contributed by atoms with van der Waals surface area (Å²) in [5.41, 5.74) is 2.69. The first-order chi connectivity index (χ1) is 13.1. The number of benzene rings is 2. The average molecular weight is 364 g/mol. The highest BCUT2D eigenvalue weighted by Gasteiger charge is 2.54. The van der Waals surface area contributed by atoms with Crippen molar-refractivity contribution in [1.82, 2.24) is 5.01 Å². The monoisotopic (exact) mass is 364 g/mol. The highest BCUT2D eigenvalue weighted by molar-refractivity contribution is 6.25. The van der Waals surface area contributed by atoms with E-state index in [1.165, 1.54) is 4.90 Å². The van der Waals surface area contributed by atoms with Crippen LogP contribution in [-0.4, -0.2) is 36.0 Å². The van der Waals surface area contributed by atoms with Crippen LogP contribution in [-0.2, 0) is 22.6 Å². The first-order valence-electron chi connectivity index (χ1n) is 8.89. The fourth-order valence-corrected chi connectivity index (χ4v) is 3.41. The SMILES string of the molecule is CCc1ccc(N2C(=O)C3N=NN(Cc4ccc(OC)cc4)C3C2=O)cc1. The van der Waals surface area contributed by atoms with Crippen LogP contribution in [0.2, 0.25) is 0 Å². The summed E-state index contributed by atoms with van der Waals surface area (Å²) in [6, 6.07) is 13.5. The molecule has 0 N–H and O–H groups in total. The summed E-state index contributed by atoms with van der Waals surface area (Å²) < 4.78 is 5.16. The smallest absolute Gasteiger partial charge is 0.263 e. The zero-order valence-corrected chi connectivity index (χ0v) is 15.2. The molecule has 2 aliphatic heterocycles. The Morgan fingerprint density at radius 3 is 2.26 bits per heavy atom. The van der Waals surface area contributed by atoms with Gasteiger partial charge in [0.15, 0.2) is 12.1 Å². The molecule has 2 amide bonds. The van der Waals surface area contributed by atoms with Gasteiger partial charge in [-0.3, -0.25) is 14.6 Å². The lowest BCUT2D eigenvalue weighted by atomic mass is 10.1. The molecule has 27 heavy (non-hydrogen) atoms. The largest absolute Gasteiger partial charge is 0.497 e. The molecule has 2 aliphatic rings. The number of amides is 2. The maximum Gasteiger partial charge on any atom is 0.263 e. The second-order valence-electron chi connectivity index (χ2n) is 6.57. The van der Waals surface area contributed by atoms with Gasteiger partial charge < -0.3 is 4.74 Å². The lowest BCUT2D eigenvalue weighted by Gasteiger charge is -2.20. The van der Waals surface area contributed by atoms with Gasteiger partial charge in [0.25, 0.3) is 11.8 Å². The third kappa shape index (κ3) is 2.95. The molecule has 0 radical (unpaired) electrons. The van der Waals surface area contributed by atoms with Crippen LogP contribution >= 0.6 is 0 Å². The minimum atomic E-state index is -0.776. The zero-order chi connectivity index (χ0) is 19.0. The Balaban J connectivity index is 1.55. The van der Waals surface area contributed by atoms with Crippen molar-refractivity contribution in [2.24, 2.45) is 10.3 Å². The first kappa shape index (κ1) is 17.2. The number of aryl methyl sites for hydroxylation is 1. The molecule has 2 unspecified atom stereocenters. The molecule has 0 aromatic heterocycles. The molecular formula is C20H20N4O3. The number of rotatable bonds is 5. The van der Waals surface area contributed by atoms with E-state index in [2.05, 4.69) is 17.3 Å². The van der Waals surface area contributed by atoms with E-state index in [1.807, 2.05) is 36.4 Å². The summed E-state index contributed by atoms with van der Waals surface area (Å²) in [5.74, 6) is 0.150. The van der Waals surface area contributed by atoms with Gasteiger partial charge in [0.2, 0.25) is 0 Å². The number of hydrogen-bond donors (Lipinski definition) is 0. The van der Waals surface area contributed by atoms with Gasteiger partial charge in [0.1, 0.15) is 5.75 Å². The van der Waals surface area contributed by atoms with Crippen LogP contribution in [0.4, 0.5) is 5.69 Å². The summed E-state index contributed by atoms with van der Waals surface area (Å²) >= 11 is 0. The van der Waals surface area contributed by atoms with E-state index in [4.69, 9.17) is 4.74 Å². The second kappa shape index (κ2) is 6.83. The molecule has 7 heteroatoms. The topological polar surface area (TPSA) is 74.6 Å². The average Bonchev–Trinajstić information content (AvgIpc) is 3.22. The highest BCUT2D eigenvalue weighted by Crippen LogP contribution is 2.33. The van der Waals surface area contributed by atoms with Crippen LogP contribution in [0.15, 0.2) is 58.9 Å². The minimum absolute atomic E-state index is 0.284. The molecule has 0 saturated carbocycles. The van der Waals surface area contributed by atoms with Crippen molar-refractivity contribution in [2.75, 3.05) is 12.0 Å². The van der Waals surface area contributed by atoms with Gasteiger partial charge in [0, 0.05) is 0 Å². The van der Waals surface area contributed by atoms with Crippen LogP contribution in [0, 0.1) is 0 Å². The van der Waals surface area contributed by atoms with Crippen LogP contribution in [0.3, 0.4) is 0 Å². The van der Waals surface area contributed by atoms with E-state index in [1.54, 1.807) is 24.3 Å². The molecule has 2 aromatic rings. The van der Waals surface area contributed by atoms with E-state index in [9.17, 15) is 9.59 Å². The van der Waals surface area contributed by atoms with E-state index >= 15 is 0 Å². The molecule has 7 nitrogen and oxygen atoms in total. The van der Waals surface area contributed by atoms with E-state index in [0.29, 0.717) is 12.2 Å². The number of methoxy groups -OCH3 is 1. The number of nitrogens with zero attached hydrogens (tertiary/aromatic N) is 4. The van der Waals surface area contributed by atoms with Crippen LogP contribution in [0.5, 0.6) is 5.75 Å². The van der Waals surface area contributed by atoms with Gasteiger partial charge in [-0.05, 0) is 41.8 Å². The van der Waals surface area contributed by atoms with Crippen molar-refractivity contribution < 1.29 is 14.3 Å². The molecule has 2 atom stereocenters. The molecule has 0 spiro atoms. The first-order valence-corrected chi connectivity index (χ1v) is 8.89. The Hall–Kier alpha value is -3.22.